The first-order chi connectivity index (χ1) is 16.1. The molecule has 180 valence electrons. The minimum atomic E-state index is -0.218. The Morgan fingerprint density at radius 2 is 1.55 bits per heavy atom. The van der Waals surface area contributed by atoms with Crippen molar-refractivity contribution in [3.05, 3.63) is 35.6 Å². The number of amides is 1. The highest BCUT2D eigenvalue weighted by Gasteiger charge is 2.54. The average Bonchev–Trinajstić information content (AvgIpc) is 3.33. The predicted molar refractivity (Wildman–Crippen MR) is 123 cm³/mol. The summed E-state index contributed by atoms with van der Waals surface area (Å²) in [5.74, 6) is 2.82. The Balaban J connectivity index is 1.17. The lowest BCUT2D eigenvalue weighted by Gasteiger charge is -2.60. The Labute approximate surface area is 196 Å². The van der Waals surface area contributed by atoms with Crippen LogP contribution in [0.3, 0.4) is 0 Å². The number of hydrogen-bond acceptors (Lipinski definition) is 4. The van der Waals surface area contributed by atoms with Crippen LogP contribution in [0, 0.1) is 29.5 Å². The van der Waals surface area contributed by atoms with Gasteiger partial charge in [0.1, 0.15) is 5.82 Å². The summed E-state index contributed by atoms with van der Waals surface area (Å²) in [6, 6.07) is 6.75. The van der Waals surface area contributed by atoms with Gasteiger partial charge in [-0.3, -0.25) is 9.69 Å². The summed E-state index contributed by atoms with van der Waals surface area (Å²) in [7, 11) is 0. The number of carbonyl (C=O) groups excluding carboxylic acids is 1. The molecule has 0 spiro atoms. The molecule has 2 aliphatic heterocycles. The van der Waals surface area contributed by atoms with E-state index in [9.17, 15) is 9.18 Å². The standard InChI is InChI=1S/C27H37FN2O3/c28-24-3-1-19(2-4-24)17-30(27-14-20-11-21(15-27)13-22(12-20)16-27)25(31)18-29-7-5-23(6-8-29)26-32-9-10-33-26/h1-4,20-23,26H,5-18H2. The van der Waals surface area contributed by atoms with E-state index in [2.05, 4.69) is 9.80 Å². The van der Waals surface area contributed by atoms with Crippen molar-refractivity contribution in [2.75, 3.05) is 32.8 Å². The molecule has 0 radical (unpaired) electrons. The summed E-state index contributed by atoms with van der Waals surface area (Å²) in [4.78, 5) is 18.5. The summed E-state index contributed by atoms with van der Waals surface area (Å²) in [5.41, 5.74) is 1.04. The third-order valence-electron chi connectivity index (χ3n) is 9.16. The lowest BCUT2D eigenvalue weighted by Crippen LogP contribution is -2.62. The minimum absolute atomic E-state index is 0.00404. The molecule has 2 saturated heterocycles. The molecule has 0 aromatic heterocycles. The Morgan fingerprint density at radius 1 is 0.970 bits per heavy atom. The van der Waals surface area contributed by atoms with E-state index in [1.54, 1.807) is 0 Å². The first kappa shape index (κ1) is 22.0. The van der Waals surface area contributed by atoms with E-state index >= 15 is 0 Å². The van der Waals surface area contributed by atoms with Crippen molar-refractivity contribution in [3.8, 4) is 0 Å². The van der Waals surface area contributed by atoms with E-state index in [0.29, 0.717) is 32.2 Å². The van der Waals surface area contributed by atoms with Crippen LogP contribution in [-0.4, -0.2) is 60.4 Å². The molecule has 1 aromatic carbocycles. The van der Waals surface area contributed by atoms with Crippen molar-refractivity contribution in [2.45, 2.75) is 69.7 Å². The maximum atomic E-state index is 13.9. The zero-order valence-corrected chi connectivity index (χ0v) is 19.6. The smallest absolute Gasteiger partial charge is 0.237 e. The molecule has 33 heavy (non-hydrogen) atoms. The van der Waals surface area contributed by atoms with E-state index in [1.165, 1.54) is 31.4 Å². The summed E-state index contributed by atoms with van der Waals surface area (Å²) in [5, 5.41) is 0. The van der Waals surface area contributed by atoms with E-state index < -0.39 is 0 Å². The van der Waals surface area contributed by atoms with Crippen LogP contribution in [-0.2, 0) is 20.8 Å². The van der Waals surface area contributed by atoms with Gasteiger partial charge >= 0.3 is 0 Å². The van der Waals surface area contributed by atoms with Crippen LogP contribution in [0.25, 0.3) is 0 Å². The number of nitrogens with zero attached hydrogens (tertiary/aromatic N) is 2. The Hall–Kier alpha value is -1.50. The van der Waals surface area contributed by atoms with Crippen molar-refractivity contribution in [2.24, 2.45) is 23.7 Å². The van der Waals surface area contributed by atoms with Gasteiger partial charge in [0.15, 0.2) is 6.29 Å². The third kappa shape index (κ3) is 4.46. The van der Waals surface area contributed by atoms with Crippen molar-refractivity contribution < 1.29 is 18.7 Å². The second-order valence-corrected chi connectivity index (χ2v) is 11.5. The molecule has 6 heteroatoms. The van der Waals surface area contributed by atoms with Gasteiger partial charge in [0, 0.05) is 18.0 Å². The summed E-state index contributed by atoms with van der Waals surface area (Å²) >= 11 is 0. The maximum Gasteiger partial charge on any atom is 0.237 e. The molecule has 2 heterocycles. The number of hydrogen-bond donors (Lipinski definition) is 0. The lowest BCUT2D eigenvalue weighted by molar-refractivity contribution is -0.154. The molecule has 1 aromatic rings. The van der Waals surface area contributed by atoms with Crippen molar-refractivity contribution in [1.29, 1.82) is 0 Å². The van der Waals surface area contributed by atoms with E-state index in [-0.39, 0.29) is 23.6 Å². The topological polar surface area (TPSA) is 42.0 Å². The summed E-state index contributed by atoms with van der Waals surface area (Å²) < 4.78 is 25.0. The van der Waals surface area contributed by atoms with E-state index in [1.807, 2.05) is 12.1 Å². The van der Waals surface area contributed by atoms with Crippen LogP contribution < -0.4 is 0 Å². The Morgan fingerprint density at radius 3 is 2.12 bits per heavy atom. The van der Waals surface area contributed by atoms with Crippen LogP contribution in [0.15, 0.2) is 24.3 Å². The summed E-state index contributed by atoms with van der Waals surface area (Å²) in [6.07, 6.45) is 9.54. The van der Waals surface area contributed by atoms with Gasteiger partial charge in [-0.15, -0.1) is 0 Å². The average molecular weight is 457 g/mol. The molecule has 6 aliphatic rings. The Kier molecular flexibility index (Phi) is 5.96. The van der Waals surface area contributed by atoms with Gasteiger partial charge < -0.3 is 14.4 Å². The van der Waals surface area contributed by atoms with Gasteiger partial charge in [0.05, 0.1) is 19.8 Å². The van der Waals surface area contributed by atoms with E-state index in [0.717, 1.165) is 68.5 Å². The minimum Gasteiger partial charge on any atom is -0.350 e. The fourth-order valence-corrected chi connectivity index (χ4v) is 8.00. The van der Waals surface area contributed by atoms with Crippen LogP contribution >= 0.6 is 0 Å². The van der Waals surface area contributed by atoms with Gasteiger partial charge in [0.2, 0.25) is 5.91 Å². The van der Waals surface area contributed by atoms with Gasteiger partial charge in [0.25, 0.3) is 0 Å². The third-order valence-corrected chi connectivity index (χ3v) is 9.16. The van der Waals surface area contributed by atoms with Crippen molar-refractivity contribution >= 4 is 5.91 Å². The fraction of sp³-hybridized carbons (Fsp3) is 0.741. The van der Waals surface area contributed by atoms with Crippen molar-refractivity contribution in [3.63, 3.8) is 0 Å². The molecule has 4 aliphatic carbocycles. The molecule has 1 amide bonds. The second kappa shape index (κ2) is 8.94. The predicted octanol–water partition coefficient (Wildman–Crippen LogP) is 4.21. The fourth-order valence-electron chi connectivity index (χ4n) is 8.00. The van der Waals surface area contributed by atoms with Gasteiger partial charge in [-0.1, -0.05) is 12.1 Å². The molecule has 5 nitrogen and oxygen atoms in total. The highest BCUT2D eigenvalue weighted by molar-refractivity contribution is 5.79. The molecular weight excluding hydrogens is 419 g/mol. The number of likely N-dealkylation sites (tertiary alicyclic amines) is 1. The summed E-state index contributed by atoms with van der Waals surface area (Å²) in [6.45, 7) is 4.34. The first-order valence-electron chi connectivity index (χ1n) is 13.1. The molecule has 4 saturated carbocycles. The molecule has 7 rings (SSSR count). The number of halogens is 1. The number of carbonyl (C=O) groups is 1. The lowest BCUT2D eigenvalue weighted by atomic mass is 9.52. The molecular formula is C27H37FN2O3. The zero-order valence-electron chi connectivity index (χ0n) is 19.6. The highest BCUT2D eigenvalue weighted by Crippen LogP contribution is 2.58. The van der Waals surface area contributed by atoms with Crippen molar-refractivity contribution in [1.82, 2.24) is 9.80 Å². The van der Waals surface area contributed by atoms with E-state index in [4.69, 9.17) is 9.47 Å². The van der Waals surface area contributed by atoms with Gasteiger partial charge in [-0.25, -0.2) is 4.39 Å². The monoisotopic (exact) mass is 456 g/mol. The van der Waals surface area contributed by atoms with Crippen LogP contribution in [0.5, 0.6) is 0 Å². The number of benzene rings is 1. The normalized spacial score (nSPS) is 34.8. The first-order valence-corrected chi connectivity index (χ1v) is 13.1. The second-order valence-electron chi connectivity index (χ2n) is 11.5. The zero-order chi connectivity index (χ0) is 22.4. The van der Waals surface area contributed by atoms with Gasteiger partial charge in [-0.05, 0) is 99.9 Å². The molecule has 4 bridgehead atoms. The number of rotatable bonds is 6. The largest absolute Gasteiger partial charge is 0.350 e. The maximum absolute atomic E-state index is 13.9. The SMILES string of the molecule is O=C(CN1CCC(C2OCCO2)CC1)N(Cc1ccc(F)cc1)C12CC3CC(CC(C3)C1)C2. The van der Waals surface area contributed by atoms with Crippen LogP contribution in [0.2, 0.25) is 0 Å². The molecule has 0 N–H and O–H groups in total. The number of piperidine rings is 1. The number of ether oxygens (including phenoxy) is 2. The van der Waals surface area contributed by atoms with Gasteiger partial charge in [-0.2, -0.15) is 0 Å². The quantitative estimate of drug-likeness (QED) is 0.643. The molecule has 0 atom stereocenters. The van der Waals surface area contributed by atoms with Crippen LogP contribution in [0.4, 0.5) is 4.39 Å². The Bertz CT molecular complexity index is 810. The highest BCUT2D eigenvalue weighted by atomic mass is 19.1. The molecule has 0 unspecified atom stereocenters. The molecule has 6 fully saturated rings. The van der Waals surface area contributed by atoms with Crippen LogP contribution in [0.1, 0.15) is 56.9 Å².